The number of nitrogens with one attached hydrogen (secondary N) is 1. The van der Waals surface area contributed by atoms with E-state index < -0.39 is 6.04 Å². The molecule has 0 spiro atoms. The molecule has 0 fully saturated rings. The van der Waals surface area contributed by atoms with Gasteiger partial charge in [0.15, 0.2) is 5.78 Å². The van der Waals surface area contributed by atoms with Gasteiger partial charge >= 0.3 is 0 Å². The minimum Gasteiger partial charge on any atom is -0.497 e. The molecule has 1 N–H and O–H groups in total. The molecule has 4 rings (SSSR count). The van der Waals surface area contributed by atoms with Crippen molar-refractivity contribution in [3.05, 3.63) is 46.8 Å². The van der Waals surface area contributed by atoms with E-state index in [1.54, 1.807) is 18.9 Å². The van der Waals surface area contributed by atoms with E-state index in [2.05, 4.69) is 30.3 Å². The first-order valence-electron chi connectivity index (χ1n) is 9.11. The Morgan fingerprint density at radius 2 is 2.07 bits per heavy atom. The maximum atomic E-state index is 13.2. The summed E-state index contributed by atoms with van der Waals surface area (Å²) in [6, 6.07) is 7.19. The van der Waals surface area contributed by atoms with Gasteiger partial charge in [-0.2, -0.15) is 10.4 Å². The molecular formula is C21H22N4O3. The second-order valence-corrected chi connectivity index (χ2v) is 7.93. The van der Waals surface area contributed by atoms with Crippen LogP contribution in [-0.4, -0.2) is 29.8 Å². The average molecular weight is 378 g/mol. The number of allylic oxidation sites excluding steroid dienone is 2. The number of carbonyl (C=O) groups is 1. The minimum atomic E-state index is -0.484. The molecular weight excluding hydrogens is 356 g/mol. The van der Waals surface area contributed by atoms with E-state index in [0.29, 0.717) is 41.3 Å². The SMILES string of the molecule is COc1ccc(OC)c([C@H]2C3=C(CC(C)(C)CC3=O)Nc3c(C#N)cnn32)c1. The number of hydrogen-bond acceptors (Lipinski definition) is 6. The summed E-state index contributed by atoms with van der Waals surface area (Å²) in [4.78, 5) is 13.2. The zero-order valence-electron chi connectivity index (χ0n) is 16.4. The Labute approximate surface area is 163 Å². The molecule has 1 atom stereocenters. The van der Waals surface area contributed by atoms with Crippen molar-refractivity contribution in [3.63, 3.8) is 0 Å². The quantitative estimate of drug-likeness (QED) is 0.880. The van der Waals surface area contributed by atoms with Crippen molar-refractivity contribution >= 4 is 11.6 Å². The van der Waals surface area contributed by atoms with Crippen LogP contribution in [0.1, 0.15) is 43.9 Å². The number of carbonyl (C=O) groups excluding carboxylic acids is 1. The van der Waals surface area contributed by atoms with Crippen molar-refractivity contribution in [1.29, 1.82) is 5.26 Å². The van der Waals surface area contributed by atoms with E-state index in [1.165, 1.54) is 6.20 Å². The Kier molecular flexibility index (Phi) is 4.15. The predicted octanol–water partition coefficient (Wildman–Crippen LogP) is 3.43. The molecule has 1 aliphatic heterocycles. The smallest absolute Gasteiger partial charge is 0.163 e. The average Bonchev–Trinajstić information content (AvgIpc) is 3.07. The van der Waals surface area contributed by atoms with Gasteiger partial charge in [0.05, 0.1) is 20.4 Å². The summed E-state index contributed by atoms with van der Waals surface area (Å²) in [7, 11) is 3.19. The van der Waals surface area contributed by atoms with Crippen molar-refractivity contribution in [3.8, 4) is 17.6 Å². The number of hydrogen-bond donors (Lipinski definition) is 1. The van der Waals surface area contributed by atoms with E-state index in [4.69, 9.17) is 9.47 Å². The van der Waals surface area contributed by atoms with Crippen molar-refractivity contribution in [2.75, 3.05) is 19.5 Å². The van der Waals surface area contributed by atoms with Crippen molar-refractivity contribution in [2.45, 2.75) is 32.7 Å². The number of nitriles is 1. The Hall–Kier alpha value is -3.27. The highest BCUT2D eigenvalue weighted by atomic mass is 16.5. The predicted molar refractivity (Wildman–Crippen MR) is 103 cm³/mol. The maximum absolute atomic E-state index is 13.2. The van der Waals surface area contributed by atoms with Crippen molar-refractivity contribution < 1.29 is 14.3 Å². The van der Waals surface area contributed by atoms with Gasteiger partial charge in [-0.25, -0.2) is 4.68 Å². The number of ether oxygens (including phenoxy) is 2. The summed E-state index contributed by atoms with van der Waals surface area (Å²) in [5.41, 5.74) is 2.58. The van der Waals surface area contributed by atoms with Crippen LogP contribution in [0.25, 0.3) is 0 Å². The molecule has 0 unspecified atom stereocenters. The Morgan fingerprint density at radius 1 is 1.29 bits per heavy atom. The highest BCUT2D eigenvalue weighted by Gasteiger charge is 2.42. The number of ketones is 1. The first-order chi connectivity index (χ1) is 13.4. The van der Waals surface area contributed by atoms with Gasteiger partial charge in [-0.15, -0.1) is 0 Å². The summed E-state index contributed by atoms with van der Waals surface area (Å²) in [5, 5.41) is 17.2. The van der Waals surface area contributed by atoms with Crippen LogP contribution in [0.3, 0.4) is 0 Å². The normalized spacial score (nSPS) is 20.0. The molecule has 0 bridgehead atoms. The lowest BCUT2D eigenvalue weighted by Crippen LogP contribution is -2.36. The Bertz CT molecular complexity index is 1040. The number of benzene rings is 1. The molecule has 144 valence electrons. The molecule has 0 saturated heterocycles. The zero-order valence-corrected chi connectivity index (χ0v) is 16.4. The number of nitrogens with zero attached hydrogens (tertiary/aromatic N) is 3. The summed E-state index contributed by atoms with van der Waals surface area (Å²) in [6.07, 6.45) is 2.70. The fourth-order valence-corrected chi connectivity index (χ4v) is 4.13. The minimum absolute atomic E-state index is 0.0771. The first kappa shape index (κ1) is 18.1. The first-order valence-corrected chi connectivity index (χ1v) is 9.11. The number of Topliss-reactive ketones (excluding diaryl/α,β-unsaturated/α-hetero) is 1. The van der Waals surface area contributed by atoms with Crippen LogP contribution in [0.5, 0.6) is 11.5 Å². The van der Waals surface area contributed by atoms with Gasteiger partial charge in [0.1, 0.15) is 35.0 Å². The lowest BCUT2D eigenvalue weighted by atomic mass is 9.73. The van der Waals surface area contributed by atoms with E-state index in [9.17, 15) is 10.1 Å². The standard InChI is InChI=1S/C21H22N4O3/c1-21(2)8-15-18(16(26)9-21)19(25-20(24-15)12(10-22)11-23-25)14-7-13(27-3)5-6-17(14)28-4/h5-7,11,19,24H,8-9H2,1-4H3/t19-/m0/s1. The van der Waals surface area contributed by atoms with Gasteiger partial charge in [0.2, 0.25) is 0 Å². The van der Waals surface area contributed by atoms with Gasteiger partial charge < -0.3 is 14.8 Å². The van der Waals surface area contributed by atoms with Crippen LogP contribution in [-0.2, 0) is 4.79 Å². The van der Waals surface area contributed by atoms with E-state index in [0.717, 1.165) is 11.3 Å². The van der Waals surface area contributed by atoms with Crippen LogP contribution in [0.4, 0.5) is 5.82 Å². The Balaban J connectivity index is 1.99. The van der Waals surface area contributed by atoms with E-state index in [1.807, 2.05) is 18.2 Å². The summed E-state index contributed by atoms with van der Waals surface area (Å²) in [5.74, 6) is 1.97. The Morgan fingerprint density at radius 3 is 2.75 bits per heavy atom. The summed E-state index contributed by atoms with van der Waals surface area (Å²) in [6.45, 7) is 4.16. The second-order valence-electron chi connectivity index (χ2n) is 7.93. The maximum Gasteiger partial charge on any atom is 0.163 e. The monoisotopic (exact) mass is 378 g/mol. The molecule has 0 amide bonds. The number of aromatic nitrogens is 2. The van der Waals surface area contributed by atoms with Gasteiger partial charge in [0, 0.05) is 23.3 Å². The third kappa shape index (κ3) is 2.73. The van der Waals surface area contributed by atoms with Crippen LogP contribution in [0.15, 0.2) is 35.7 Å². The molecule has 1 aromatic carbocycles. The molecule has 2 heterocycles. The van der Waals surface area contributed by atoms with Crippen molar-refractivity contribution in [1.82, 2.24) is 9.78 Å². The van der Waals surface area contributed by atoms with Gasteiger partial charge in [-0.3, -0.25) is 4.79 Å². The highest BCUT2D eigenvalue weighted by Crippen LogP contribution is 2.48. The number of methoxy groups -OCH3 is 2. The number of anilines is 1. The van der Waals surface area contributed by atoms with Crippen LogP contribution in [0.2, 0.25) is 0 Å². The van der Waals surface area contributed by atoms with E-state index >= 15 is 0 Å². The second kappa shape index (κ2) is 6.41. The molecule has 2 aliphatic rings. The van der Waals surface area contributed by atoms with Gasteiger partial charge in [-0.1, -0.05) is 13.8 Å². The largest absolute Gasteiger partial charge is 0.497 e. The summed E-state index contributed by atoms with van der Waals surface area (Å²) >= 11 is 0. The van der Waals surface area contributed by atoms with Crippen LogP contribution in [0, 0.1) is 16.7 Å². The van der Waals surface area contributed by atoms with Gasteiger partial charge in [0.25, 0.3) is 0 Å². The van der Waals surface area contributed by atoms with Crippen LogP contribution >= 0.6 is 0 Å². The number of rotatable bonds is 3. The molecule has 0 saturated carbocycles. The zero-order chi connectivity index (χ0) is 20.1. The topological polar surface area (TPSA) is 89.2 Å². The van der Waals surface area contributed by atoms with Crippen LogP contribution < -0.4 is 14.8 Å². The fraction of sp³-hybridized carbons (Fsp3) is 0.381. The fourth-order valence-electron chi connectivity index (χ4n) is 4.13. The number of fused-ring (bicyclic) bond motifs is 1. The molecule has 28 heavy (non-hydrogen) atoms. The van der Waals surface area contributed by atoms with Crippen molar-refractivity contribution in [2.24, 2.45) is 5.41 Å². The third-order valence-corrected chi connectivity index (χ3v) is 5.35. The van der Waals surface area contributed by atoms with Gasteiger partial charge in [-0.05, 0) is 30.0 Å². The molecule has 7 heteroatoms. The molecule has 1 aliphatic carbocycles. The lowest BCUT2D eigenvalue weighted by Gasteiger charge is -2.39. The third-order valence-electron chi connectivity index (χ3n) is 5.35. The highest BCUT2D eigenvalue weighted by molar-refractivity contribution is 6.00. The molecule has 1 aromatic heterocycles. The molecule has 7 nitrogen and oxygen atoms in total. The molecule has 0 radical (unpaired) electrons. The lowest BCUT2D eigenvalue weighted by molar-refractivity contribution is -0.118. The van der Waals surface area contributed by atoms with E-state index in [-0.39, 0.29) is 11.2 Å². The summed E-state index contributed by atoms with van der Waals surface area (Å²) < 4.78 is 12.7. The molecule has 2 aromatic rings.